The molecule has 0 aliphatic rings. The molecular formula is C15H25N3O. The first-order chi connectivity index (χ1) is 8.78. The monoisotopic (exact) mass is 263 g/mol. The normalized spacial score (nSPS) is 13.1. The molecule has 0 aromatic carbocycles. The van der Waals surface area contributed by atoms with Gasteiger partial charge in [-0.25, -0.2) is 0 Å². The van der Waals surface area contributed by atoms with E-state index in [-0.39, 0.29) is 17.4 Å². The van der Waals surface area contributed by atoms with Crippen molar-refractivity contribution in [3.8, 4) is 0 Å². The number of nitrogens with two attached hydrogens (primary N) is 1. The number of hydrogen-bond acceptors (Lipinski definition) is 3. The third-order valence-electron chi connectivity index (χ3n) is 2.95. The molecule has 1 heterocycles. The topological polar surface area (TPSA) is 68.0 Å². The number of rotatable bonds is 5. The van der Waals surface area contributed by atoms with E-state index >= 15 is 0 Å². The highest BCUT2D eigenvalue weighted by Gasteiger charge is 2.18. The third-order valence-corrected chi connectivity index (χ3v) is 2.95. The van der Waals surface area contributed by atoms with Crippen LogP contribution in [-0.2, 0) is 11.3 Å². The molecule has 3 N–H and O–H groups in total. The zero-order valence-electron chi connectivity index (χ0n) is 12.4. The van der Waals surface area contributed by atoms with E-state index in [0.717, 1.165) is 17.5 Å². The molecule has 19 heavy (non-hydrogen) atoms. The molecule has 4 nitrogen and oxygen atoms in total. The molecular weight excluding hydrogens is 238 g/mol. The fourth-order valence-corrected chi connectivity index (χ4v) is 2.04. The summed E-state index contributed by atoms with van der Waals surface area (Å²) < 4.78 is 0. The molecule has 106 valence electrons. The fraction of sp³-hybridized carbons (Fsp3) is 0.600. The van der Waals surface area contributed by atoms with Gasteiger partial charge < -0.3 is 11.1 Å². The number of carbonyl (C=O) groups is 1. The van der Waals surface area contributed by atoms with E-state index in [1.807, 2.05) is 13.0 Å². The van der Waals surface area contributed by atoms with E-state index in [2.05, 4.69) is 31.1 Å². The molecule has 0 aliphatic carbocycles. The predicted octanol–water partition coefficient (Wildman–Crippen LogP) is 2.16. The van der Waals surface area contributed by atoms with Gasteiger partial charge in [0.1, 0.15) is 0 Å². The predicted molar refractivity (Wildman–Crippen MR) is 77.5 cm³/mol. The zero-order chi connectivity index (χ0) is 14.5. The highest BCUT2D eigenvalue weighted by Crippen LogP contribution is 2.20. The van der Waals surface area contributed by atoms with Gasteiger partial charge in [-0.2, -0.15) is 0 Å². The Morgan fingerprint density at radius 2 is 2.16 bits per heavy atom. The largest absolute Gasteiger partial charge is 0.352 e. The van der Waals surface area contributed by atoms with Crippen LogP contribution in [0, 0.1) is 12.3 Å². The van der Waals surface area contributed by atoms with Gasteiger partial charge in [0.25, 0.3) is 0 Å². The Balaban J connectivity index is 2.38. The summed E-state index contributed by atoms with van der Waals surface area (Å²) >= 11 is 0. The van der Waals surface area contributed by atoms with E-state index in [0.29, 0.717) is 13.0 Å². The van der Waals surface area contributed by atoms with Crippen molar-refractivity contribution in [1.29, 1.82) is 0 Å². The van der Waals surface area contributed by atoms with Crippen LogP contribution in [0.4, 0.5) is 0 Å². The van der Waals surface area contributed by atoms with Crippen LogP contribution in [0.25, 0.3) is 0 Å². The lowest BCUT2D eigenvalue weighted by molar-refractivity contribution is -0.121. The number of aryl methyl sites for hydroxylation is 1. The first kappa shape index (κ1) is 15.6. The number of carbonyl (C=O) groups excluding carboxylic acids is 1. The molecule has 0 fully saturated rings. The SMILES string of the molecule is Cc1ccncc1CNC(=O)CC(N)CC(C)(C)C. The second kappa shape index (κ2) is 6.66. The van der Waals surface area contributed by atoms with Gasteiger partial charge in [-0.15, -0.1) is 0 Å². The molecule has 4 heteroatoms. The maximum atomic E-state index is 11.8. The third kappa shape index (κ3) is 6.34. The van der Waals surface area contributed by atoms with Crippen molar-refractivity contribution in [3.63, 3.8) is 0 Å². The molecule has 1 aromatic heterocycles. The van der Waals surface area contributed by atoms with E-state index in [1.165, 1.54) is 0 Å². The van der Waals surface area contributed by atoms with Crippen LogP contribution < -0.4 is 11.1 Å². The van der Waals surface area contributed by atoms with Crippen LogP contribution >= 0.6 is 0 Å². The Labute approximate surface area is 115 Å². The Kier molecular flexibility index (Phi) is 5.48. The summed E-state index contributed by atoms with van der Waals surface area (Å²) in [5.41, 5.74) is 8.31. The van der Waals surface area contributed by atoms with Crippen LogP contribution in [0.15, 0.2) is 18.5 Å². The van der Waals surface area contributed by atoms with Crippen LogP contribution in [0.5, 0.6) is 0 Å². The molecule has 1 aromatic rings. The van der Waals surface area contributed by atoms with Crippen LogP contribution in [0.3, 0.4) is 0 Å². The van der Waals surface area contributed by atoms with Gasteiger partial charge in [-0.1, -0.05) is 20.8 Å². The fourth-order valence-electron chi connectivity index (χ4n) is 2.04. The molecule has 0 radical (unpaired) electrons. The van der Waals surface area contributed by atoms with Gasteiger partial charge in [0.05, 0.1) is 0 Å². The van der Waals surface area contributed by atoms with Crippen molar-refractivity contribution in [3.05, 3.63) is 29.6 Å². The lowest BCUT2D eigenvalue weighted by Gasteiger charge is -2.22. The number of nitrogens with one attached hydrogen (secondary N) is 1. The second-order valence-electron chi connectivity index (χ2n) is 6.31. The summed E-state index contributed by atoms with van der Waals surface area (Å²) in [6.45, 7) is 8.91. The van der Waals surface area contributed by atoms with Crippen molar-refractivity contribution in [2.24, 2.45) is 11.1 Å². The number of hydrogen-bond donors (Lipinski definition) is 2. The summed E-state index contributed by atoms with van der Waals surface area (Å²) in [5.74, 6) is 0.00000283. The maximum Gasteiger partial charge on any atom is 0.221 e. The highest BCUT2D eigenvalue weighted by molar-refractivity contribution is 5.76. The standard InChI is InChI=1S/C15H25N3O/c1-11-5-6-17-9-12(11)10-18-14(19)7-13(16)8-15(2,3)4/h5-6,9,13H,7-8,10,16H2,1-4H3,(H,18,19). The quantitative estimate of drug-likeness (QED) is 0.855. The van der Waals surface area contributed by atoms with E-state index in [9.17, 15) is 4.79 Å². The molecule has 0 saturated heterocycles. The number of pyridine rings is 1. The molecule has 1 unspecified atom stereocenters. The summed E-state index contributed by atoms with van der Waals surface area (Å²) in [7, 11) is 0. The highest BCUT2D eigenvalue weighted by atomic mass is 16.1. The lowest BCUT2D eigenvalue weighted by atomic mass is 9.87. The molecule has 0 spiro atoms. The lowest BCUT2D eigenvalue weighted by Crippen LogP contribution is -2.34. The smallest absolute Gasteiger partial charge is 0.221 e. The molecule has 0 bridgehead atoms. The van der Waals surface area contributed by atoms with Crippen molar-refractivity contribution in [2.75, 3.05) is 0 Å². The summed E-state index contributed by atoms with van der Waals surface area (Å²) in [5, 5.41) is 2.90. The number of nitrogens with zero attached hydrogens (tertiary/aromatic N) is 1. The van der Waals surface area contributed by atoms with Gasteiger partial charge in [0, 0.05) is 31.4 Å². The molecule has 1 atom stereocenters. The maximum absolute atomic E-state index is 11.8. The Bertz CT molecular complexity index is 424. The number of amides is 1. The minimum absolute atomic E-state index is 0.00000283. The second-order valence-corrected chi connectivity index (χ2v) is 6.31. The van der Waals surface area contributed by atoms with Crippen LogP contribution in [0.1, 0.15) is 44.7 Å². The van der Waals surface area contributed by atoms with Crippen molar-refractivity contribution >= 4 is 5.91 Å². The van der Waals surface area contributed by atoms with Gasteiger partial charge in [-0.05, 0) is 36.0 Å². The van der Waals surface area contributed by atoms with Gasteiger partial charge in [0.15, 0.2) is 0 Å². The average Bonchev–Trinajstić information content (AvgIpc) is 2.25. The summed E-state index contributed by atoms with van der Waals surface area (Å²) in [6, 6.07) is 1.85. The minimum Gasteiger partial charge on any atom is -0.352 e. The summed E-state index contributed by atoms with van der Waals surface area (Å²) in [6.07, 6.45) is 4.74. The van der Waals surface area contributed by atoms with Gasteiger partial charge in [-0.3, -0.25) is 9.78 Å². The van der Waals surface area contributed by atoms with E-state index in [4.69, 9.17) is 5.73 Å². The first-order valence-corrected chi connectivity index (χ1v) is 6.70. The number of aromatic nitrogens is 1. The Morgan fingerprint density at radius 1 is 1.47 bits per heavy atom. The minimum atomic E-state index is -0.0880. The Morgan fingerprint density at radius 3 is 2.74 bits per heavy atom. The van der Waals surface area contributed by atoms with Crippen LogP contribution in [-0.4, -0.2) is 16.9 Å². The first-order valence-electron chi connectivity index (χ1n) is 6.70. The van der Waals surface area contributed by atoms with Crippen LogP contribution in [0.2, 0.25) is 0 Å². The Hall–Kier alpha value is -1.42. The van der Waals surface area contributed by atoms with Gasteiger partial charge >= 0.3 is 0 Å². The zero-order valence-corrected chi connectivity index (χ0v) is 12.4. The molecule has 0 aliphatic heterocycles. The molecule has 1 amide bonds. The van der Waals surface area contributed by atoms with Crippen molar-refractivity contribution < 1.29 is 4.79 Å². The van der Waals surface area contributed by atoms with Crippen molar-refractivity contribution in [2.45, 2.75) is 53.1 Å². The average molecular weight is 263 g/mol. The van der Waals surface area contributed by atoms with E-state index < -0.39 is 0 Å². The molecule has 0 saturated carbocycles. The van der Waals surface area contributed by atoms with E-state index in [1.54, 1.807) is 12.4 Å². The summed E-state index contributed by atoms with van der Waals surface area (Å²) in [4.78, 5) is 15.9. The molecule has 1 rings (SSSR count). The van der Waals surface area contributed by atoms with Crippen molar-refractivity contribution in [1.82, 2.24) is 10.3 Å². The van der Waals surface area contributed by atoms with Gasteiger partial charge in [0.2, 0.25) is 5.91 Å².